The molecule has 2 rings (SSSR count). The van der Waals surface area contributed by atoms with Crippen LogP contribution >= 0.6 is 31.9 Å². The van der Waals surface area contributed by atoms with E-state index in [9.17, 15) is 10.1 Å². The third kappa shape index (κ3) is 4.12. The maximum absolute atomic E-state index is 11.1. The molecule has 0 heterocycles. The Bertz CT molecular complexity index is 662. The topological polar surface area (TPSA) is 55.2 Å². The molecule has 0 saturated heterocycles. The molecule has 1 unspecified atom stereocenters. The highest BCUT2D eigenvalue weighted by atomic mass is 79.9. The third-order valence-electron chi connectivity index (χ3n) is 3.21. The van der Waals surface area contributed by atoms with E-state index in [0.29, 0.717) is 16.6 Å². The molecule has 0 aromatic heterocycles. The lowest BCUT2D eigenvalue weighted by atomic mass is 10.1. The van der Waals surface area contributed by atoms with Crippen molar-refractivity contribution >= 4 is 37.5 Å². The second kappa shape index (κ2) is 7.15. The third-order valence-corrected chi connectivity index (χ3v) is 4.43. The van der Waals surface area contributed by atoms with Crippen LogP contribution in [0.3, 0.4) is 0 Å². The predicted octanol–water partition coefficient (Wildman–Crippen LogP) is 4.97. The molecule has 0 spiro atoms. The van der Waals surface area contributed by atoms with Gasteiger partial charge in [-0.2, -0.15) is 0 Å². The fourth-order valence-electron chi connectivity index (χ4n) is 2.06. The summed E-state index contributed by atoms with van der Waals surface area (Å²) in [5, 5.41) is 14.4. The van der Waals surface area contributed by atoms with Crippen LogP contribution < -0.4 is 5.32 Å². The van der Waals surface area contributed by atoms with Gasteiger partial charge >= 0.3 is 0 Å². The van der Waals surface area contributed by atoms with E-state index in [1.54, 1.807) is 6.07 Å². The predicted molar refractivity (Wildman–Crippen MR) is 90.2 cm³/mol. The summed E-state index contributed by atoms with van der Waals surface area (Å²) < 4.78 is 1.73. The van der Waals surface area contributed by atoms with Crippen LogP contribution in [-0.2, 0) is 6.54 Å². The number of nitrogens with zero attached hydrogens (tertiary/aromatic N) is 1. The molecule has 1 N–H and O–H groups in total. The molecule has 0 fully saturated rings. The van der Waals surface area contributed by atoms with E-state index in [0.717, 1.165) is 10.0 Å². The molecule has 0 aliphatic rings. The minimum Gasteiger partial charge on any atom is -0.306 e. The van der Waals surface area contributed by atoms with Gasteiger partial charge in [-0.1, -0.05) is 50.1 Å². The Balaban J connectivity index is 2.13. The summed E-state index contributed by atoms with van der Waals surface area (Å²) in [6, 6.07) is 13.1. The fraction of sp³-hybridized carbons (Fsp3) is 0.200. The van der Waals surface area contributed by atoms with Gasteiger partial charge in [-0.05, 0) is 30.7 Å². The summed E-state index contributed by atoms with van der Waals surface area (Å²) in [5.41, 5.74) is 1.91. The molecule has 2 aromatic carbocycles. The Morgan fingerprint density at radius 1 is 1.24 bits per heavy atom. The van der Waals surface area contributed by atoms with Crippen molar-refractivity contribution in [3.8, 4) is 0 Å². The van der Waals surface area contributed by atoms with Crippen LogP contribution in [-0.4, -0.2) is 4.92 Å². The van der Waals surface area contributed by atoms with Crippen molar-refractivity contribution in [2.24, 2.45) is 0 Å². The number of nitrogens with one attached hydrogen (secondary N) is 1. The molecule has 0 amide bonds. The zero-order valence-electron chi connectivity index (χ0n) is 11.3. The summed E-state index contributed by atoms with van der Waals surface area (Å²) in [5.74, 6) is 0. The van der Waals surface area contributed by atoms with Crippen LogP contribution in [0.15, 0.2) is 51.4 Å². The molecule has 6 heteroatoms. The first-order chi connectivity index (χ1) is 9.99. The molecule has 4 nitrogen and oxygen atoms in total. The Morgan fingerprint density at radius 3 is 2.62 bits per heavy atom. The quantitative estimate of drug-likeness (QED) is 0.556. The first kappa shape index (κ1) is 16.1. The number of hydrogen-bond donors (Lipinski definition) is 1. The Kier molecular flexibility index (Phi) is 5.50. The maximum Gasteiger partial charge on any atom is 0.275 e. The smallest absolute Gasteiger partial charge is 0.275 e. The van der Waals surface area contributed by atoms with Gasteiger partial charge < -0.3 is 5.32 Å². The van der Waals surface area contributed by atoms with Crippen LogP contribution in [0.2, 0.25) is 0 Å². The summed E-state index contributed by atoms with van der Waals surface area (Å²) in [6.07, 6.45) is 0. The van der Waals surface area contributed by atoms with Gasteiger partial charge in [-0.15, -0.1) is 0 Å². The van der Waals surface area contributed by atoms with Gasteiger partial charge in [0.15, 0.2) is 0 Å². The first-order valence-corrected chi connectivity index (χ1v) is 7.98. The van der Waals surface area contributed by atoms with Crippen LogP contribution in [0, 0.1) is 10.1 Å². The Labute approximate surface area is 140 Å². The first-order valence-electron chi connectivity index (χ1n) is 6.39. The lowest BCUT2D eigenvalue weighted by Crippen LogP contribution is -2.19. The molecule has 1 atom stereocenters. The largest absolute Gasteiger partial charge is 0.306 e. The van der Waals surface area contributed by atoms with E-state index in [4.69, 9.17) is 0 Å². The molecule has 110 valence electrons. The van der Waals surface area contributed by atoms with E-state index in [2.05, 4.69) is 37.2 Å². The number of nitro groups is 1. The summed E-state index contributed by atoms with van der Waals surface area (Å²) >= 11 is 6.78. The van der Waals surface area contributed by atoms with Crippen molar-refractivity contribution in [2.75, 3.05) is 0 Å². The Hall–Kier alpha value is -1.24. The average molecular weight is 414 g/mol. The maximum atomic E-state index is 11.1. The fourth-order valence-corrected chi connectivity index (χ4v) is 3.03. The van der Waals surface area contributed by atoms with Gasteiger partial charge in [0, 0.05) is 33.2 Å². The van der Waals surface area contributed by atoms with Gasteiger partial charge in [-0.3, -0.25) is 10.1 Å². The summed E-state index contributed by atoms with van der Waals surface area (Å²) in [7, 11) is 0. The van der Waals surface area contributed by atoms with Gasteiger partial charge in [0.25, 0.3) is 5.69 Å². The van der Waals surface area contributed by atoms with Crippen LogP contribution in [0.4, 0.5) is 5.69 Å². The number of nitro benzene ring substituents is 1. The van der Waals surface area contributed by atoms with Crippen LogP contribution in [0.5, 0.6) is 0 Å². The van der Waals surface area contributed by atoms with Gasteiger partial charge in [-0.25, -0.2) is 0 Å². The van der Waals surface area contributed by atoms with E-state index in [-0.39, 0.29) is 16.7 Å². The minimum absolute atomic E-state index is 0.0869. The standard InChI is InChI=1S/C15H14Br2N2O2/c1-10(13-4-2-3-5-14(13)17)18-9-11-6-7-12(16)8-15(11)19(20)21/h2-8,10,18H,9H2,1H3. The summed E-state index contributed by atoms with van der Waals surface area (Å²) in [6.45, 7) is 2.47. The minimum atomic E-state index is -0.356. The van der Waals surface area contributed by atoms with Crippen molar-refractivity contribution in [1.29, 1.82) is 0 Å². The number of halogens is 2. The van der Waals surface area contributed by atoms with Gasteiger partial charge in [0.2, 0.25) is 0 Å². The van der Waals surface area contributed by atoms with E-state index in [1.165, 1.54) is 6.07 Å². The second-order valence-electron chi connectivity index (χ2n) is 4.65. The van der Waals surface area contributed by atoms with E-state index >= 15 is 0 Å². The summed E-state index contributed by atoms with van der Waals surface area (Å²) in [4.78, 5) is 10.7. The highest BCUT2D eigenvalue weighted by molar-refractivity contribution is 9.10. The number of rotatable bonds is 5. The molecule has 0 bridgehead atoms. The molecule has 0 saturated carbocycles. The number of hydrogen-bond acceptors (Lipinski definition) is 3. The van der Waals surface area contributed by atoms with E-state index < -0.39 is 0 Å². The number of benzene rings is 2. The molecular formula is C15H14Br2N2O2. The second-order valence-corrected chi connectivity index (χ2v) is 6.42. The van der Waals surface area contributed by atoms with Crippen molar-refractivity contribution in [3.05, 3.63) is 72.7 Å². The SMILES string of the molecule is CC(NCc1ccc(Br)cc1[N+](=O)[O-])c1ccccc1Br. The van der Waals surface area contributed by atoms with Crippen molar-refractivity contribution in [2.45, 2.75) is 19.5 Å². The van der Waals surface area contributed by atoms with Crippen molar-refractivity contribution in [3.63, 3.8) is 0 Å². The van der Waals surface area contributed by atoms with Crippen LogP contribution in [0.25, 0.3) is 0 Å². The highest BCUT2D eigenvalue weighted by Gasteiger charge is 2.15. The Morgan fingerprint density at radius 2 is 1.95 bits per heavy atom. The van der Waals surface area contributed by atoms with Gasteiger partial charge in [0.05, 0.1) is 4.92 Å². The zero-order chi connectivity index (χ0) is 15.4. The van der Waals surface area contributed by atoms with Crippen LogP contribution in [0.1, 0.15) is 24.1 Å². The van der Waals surface area contributed by atoms with E-state index in [1.807, 2.05) is 37.3 Å². The van der Waals surface area contributed by atoms with Crippen molar-refractivity contribution < 1.29 is 4.92 Å². The average Bonchev–Trinajstić information content (AvgIpc) is 2.46. The zero-order valence-corrected chi connectivity index (χ0v) is 14.5. The lowest BCUT2D eigenvalue weighted by Gasteiger charge is -2.16. The normalized spacial score (nSPS) is 12.1. The molecule has 0 radical (unpaired) electrons. The molecular weight excluding hydrogens is 400 g/mol. The monoisotopic (exact) mass is 412 g/mol. The van der Waals surface area contributed by atoms with Gasteiger partial charge in [0.1, 0.15) is 0 Å². The molecule has 2 aromatic rings. The molecule has 0 aliphatic carbocycles. The lowest BCUT2D eigenvalue weighted by molar-refractivity contribution is -0.385. The van der Waals surface area contributed by atoms with Crippen molar-refractivity contribution in [1.82, 2.24) is 5.32 Å². The molecule has 21 heavy (non-hydrogen) atoms. The highest BCUT2D eigenvalue weighted by Crippen LogP contribution is 2.26. The molecule has 0 aliphatic heterocycles.